The van der Waals surface area contributed by atoms with Gasteiger partial charge < -0.3 is 15.1 Å². The van der Waals surface area contributed by atoms with E-state index in [0.29, 0.717) is 28.9 Å². The Morgan fingerprint density at radius 1 is 1.00 bits per heavy atom. The fraction of sp³-hybridized carbons (Fsp3) is 0.483. The van der Waals surface area contributed by atoms with Crippen LogP contribution in [0.4, 0.5) is 0 Å². The van der Waals surface area contributed by atoms with Gasteiger partial charge in [0.2, 0.25) is 5.91 Å². The van der Waals surface area contributed by atoms with Crippen LogP contribution in [-0.4, -0.2) is 74.3 Å². The molecule has 2 fully saturated rings. The van der Waals surface area contributed by atoms with Crippen LogP contribution in [0, 0.1) is 31.6 Å². The van der Waals surface area contributed by atoms with Gasteiger partial charge in [0.05, 0.1) is 23.0 Å². The van der Waals surface area contributed by atoms with Crippen molar-refractivity contribution in [2.24, 2.45) is 17.8 Å². The van der Waals surface area contributed by atoms with Gasteiger partial charge in [0.15, 0.2) is 5.82 Å². The molecule has 2 saturated heterocycles. The maximum atomic E-state index is 13.6. The monoisotopic (exact) mass is 515 g/mol. The number of aromatic nitrogens is 4. The lowest BCUT2D eigenvalue weighted by Crippen LogP contribution is -2.36. The number of likely N-dealkylation sites (tertiary alicyclic amines) is 2. The Morgan fingerprint density at radius 3 is 2.34 bits per heavy atom. The van der Waals surface area contributed by atoms with Crippen LogP contribution in [-0.2, 0) is 4.79 Å². The third-order valence-electron chi connectivity index (χ3n) is 7.91. The van der Waals surface area contributed by atoms with Crippen LogP contribution in [0.15, 0.2) is 48.7 Å². The number of benzene rings is 1. The molecular weight excluding hydrogens is 478 g/mol. The highest BCUT2D eigenvalue weighted by Crippen LogP contribution is 2.33. The first kappa shape index (κ1) is 26.0. The van der Waals surface area contributed by atoms with E-state index in [1.807, 2.05) is 62.9 Å². The summed E-state index contributed by atoms with van der Waals surface area (Å²) in [4.78, 5) is 30.5. The number of fused-ring (bicyclic) bond motifs is 1. The number of aryl methyl sites for hydroxylation is 1. The lowest BCUT2D eigenvalue weighted by Gasteiger charge is -2.25. The van der Waals surface area contributed by atoms with Gasteiger partial charge in [-0.3, -0.25) is 9.59 Å². The van der Waals surface area contributed by atoms with Crippen molar-refractivity contribution in [3.63, 3.8) is 0 Å². The van der Waals surface area contributed by atoms with Crippen LogP contribution in [0.25, 0.3) is 5.82 Å². The molecule has 4 heterocycles. The van der Waals surface area contributed by atoms with Crippen LogP contribution in [0.5, 0.6) is 0 Å². The lowest BCUT2D eigenvalue weighted by molar-refractivity contribution is -0.124. The third kappa shape index (κ3) is 5.34. The summed E-state index contributed by atoms with van der Waals surface area (Å²) in [5.41, 5.74) is 3.32. The molecule has 0 bridgehead atoms. The highest BCUT2D eigenvalue weighted by molar-refractivity contribution is 5.96. The molecule has 9 heteroatoms. The Labute approximate surface area is 224 Å². The Kier molecular flexibility index (Phi) is 7.56. The molecule has 2 aromatic heterocycles. The molecule has 0 aliphatic carbocycles. The first-order chi connectivity index (χ1) is 18.3. The molecule has 0 saturated carbocycles. The van der Waals surface area contributed by atoms with E-state index in [1.165, 1.54) is 0 Å². The van der Waals surface area contributed by atoms with E-state index in [4.69, 9.17) is 0 Å². The minimum Gasteiger partial charge on any atom is -0.349 e. The summed E-state index contributed by atoms with van der Waals surface area (Å²) < 4.78 is 1.70. The molecule has 2 unspecified atom stereocenters. The molecule has 2 aliphatic heterocycles. The van der Waals surface area contributed by atoms with Crippen molar-refractivity contribution < 1.29 is 9.59 Å². The van der Waals surface area contributed by atoms with Crippen LogP contribution >= 0.6 is 0 Å². The fourth-order valence-electron chi connectivity index (χ4n) is 5.84. The summed E-state index contributed by atoms with van der Waals surface area (Å²) in [7, 11) is 0. The van der Waals surface area contributed by atoms with Gasteiger partial charge in [0, 0.05) is 44.8 Å². The second-order valence-corrected chi connectivity index (χ2v) is 10.9. The molecule has 1 N–H and O–H groups in total. The third-order valence-corrected chi connectivity index (χ3v) is 7.91. The second-order valence-electron chi connectivity index (χ2n) is 10.9. The number of nitrogens with one attached hydrogen (secondary N) is 1. The SMILES string of the molecule is Cc1nn(-c2cccnn2)c(C)c1C(=O)N1CC2CN(CCC(NC(=O)C(C)C)c3ccccc3)C[C@H]2C1. The lowest BCUT2D eigenvalue weighted by atomic mass is 10.0. The molecule has 0 spiro atoms. The van der Waals surface area contributed by atoms with Gasteiger partial charge in [0.1, 0.15) is 0 Å². The van der Waals surface area contributed by atoms with E-state index >= 15 is 0 Å². The van der Waals surface area contributed by atoms with Crippen molar-refractivity contribution in [1.82, 2.24) is 35.1 Å². The number of amides is 2. The standard InChI is InChI=1S/C29H37N7O2/c1-19(2)28(37)31-25(22-9-6-5-7-10-22)12-14-34-15-23-17-35(18-24(23)16-34)29(38)27-20(3)33-36(21(27)4)26-11-8-13-30-32-26/h5-11,13,19,23-25H,12,14-18H2,1-4H3,(H,31,37)/t23-,24?,25?/m0/s1. The maximum Gasteiger partial charge on any atom is 0.257 e. The normalized spacial score (nSPS) is 20.1. The van der Waals surface area contributed by atoms with Gasteiger partial charge in [-0.05, 0) is 49.8 Å². The molecule has 38 heavy (non-hydrogen) atoms. The quantitative estimate of drug-likeness (QED) is 0.495. The largest absolute Gasteiger partial charge is 0.349 e. The van der Waals surface area contributed by atoms with E-state index < -0.39 is 0 Å². The number of nitrogens with zero attached hydrogens (tertiary/aromatic N) is 6. The highest BCUT2D eigenvalue weighted by Gasteiger charge is 2.42. The van der Waals surface area contributed by atoms with Crippen molar-refractivity contribution in [1.29, 1.82) is 0 Å². The number of rotatable bonds is 8. The summed E-state index contributed by atoms with van der Waals surface area (Å²) in [6.07, 6.45) is 2.49. The molecule has 1 aromatic carbocycles. The van der Waals surface area contributed by atoms with E-state index in [1.54, 1.807) is 10.9 Å². The zero-order valence-electron chi connectivity index (χ0n) is 22.7. The van der Waals surface area contributed by atoms with Gasteiger partial charge in [0.25, 0.3) is 5.91 Å². The van der Waals surface area contributed by atoms with Crippen molar-refractivity contribution in [3.05, 3.63) is 71.2 Å². The molecule has 9 nitrogen and oxygen atoms in total. The van der Waals surface area contributed by atoms with E-state index in [9.17, 15) is 9.59 Å². The van der Waals surface area contributed by atoms with Gasteiger partial charge in [-0.1, -0.05) is 44.2 Å². The summed E-state index contributed by atoms with van der Waals surface area (Å²) in [5, 5.41) is 15.9. The fourth-order valence-corrected chi connectivity index (χ4v) is 5.84. The minimum absolute atomic E-state index is 0.00130. The predicted octanol–water partition coefficient (Wildman–Crippen LogP) is 3.19. The number of hydrogen-bond donors (Lipinski definition) is 1. The molecule has 200 valence electrons. The number of carbonyl (C=O) groups is 2. The number of carbonyl (C=O) groups excluding carboxylic acids is 2. The Hall–Kier alpha value is -3.59. The number of hydrogen-bond acceptors (Lipinski definition) is 6. The zero-order chi connectivity index (χ0) is 26.8. The van der Waals surface area contributed by atoms with Crippen LogP contribution in [0.3, 0.4) is 0 Å². The molecule has 3 atom stereocenters. The van der Waals surface area contributed by atoms with E-state index in [2.05, 4.69) is 37.6 Å². The van der Waals surface area contributed by atoms with Crippen molar-refractivity contribution >= 4 is 11.8 Å². The van der Waals surface area contributed by atoms with Gasteiger partial charge in [-0.15, -0.1) is 5.10 Å². The average Bonchev–Trinajstić information content (AvgIpc) is 3.58. The van der Waals surface area contributed by atoms with Crippen molar-refractivity contribution in [3.8, 4) is 5.82 Å². The topological polar surface area (TPSA) is 96.2 Å². The minimum atomic E-state index is -0.0455. The van der Waals surface area contributed by atoms with Crippen molar-refractivity contribution in [2.45, 2.75) is 40.2 Å². The van der Waals surface area contributed by atoms with E-state index in [-0.39, 0.29) is 23.8 Å². The first-order valence-corrected chi connectivity index (χ1v) is 13.5. The molecule has 0 radical (unpaired) electrons. The first-order valence-electron chi connectivity index (χ1n) is 13.5. The van der Waals surface area contributed by atoms with Crippen molar-refractivity contribution in [2.75, 3.05) is 32.7 Å². The summed E-state index contributed by atoms with van der Waals surface area (Å²) in [6, 6.07) is 13.9. The Balaban J connectivity index is 1.19. The zero-order valence-corrected chi connectivity index (χ0v) is 22.7. The molecule has 3 aromatic rings. The second kappa shape index (κ2) is 11.0. The molecule has 5 rings (SSSR count). The smallest absolute Gasteiger partial charge is 0.257 e. The van der Waals surface area contributed by atoms with Crippen LogP contribution < -0.4 is 5.32 Å². The van der Waals surface area contributed by atoms with Crippen LogP contribution in [0.1, 0.15) is 53.6 Å². The summed E-state index contributed by atoms with van der Waals surface area (Å²) >= 11 is 0. The molecular formula is C29H37N7O2. The van der Waals surface area contributed by atoms with Crippen LogP contribution in [0.2, 0.25) is 0 Å². The summed E-state index contributed by atoms with van der Waals surface area (Å²) in [6.45, 7) is 12.1. The van der Waals surface area contributed by atoms with Gasteiger partial charge >= 0.3 is 0 Å². The molecule has 2 aliphatic rings. The Bertz CT molecular complexity index is 1260. The predicted molar refractivity (Wildman–Crippen MR) is 145 cm³/mol. The van der Waals surface area contributed by atoms with E-state index in [0.717, 1.165) is 50.4 Å². The van der Waals surface area contributed by atoms with Gasteiger partial charge in [-0.2, -0.15) is 10.2 Å². The summed E-state index contributed by atoms with van der Waals surface area (Å²) in [5.74, 6) is 1.64. The average molecular weight is 516 g/mol. The highest BCUT2D eigenvalue weighted by atomic mass is 16.2. The molecule has 2 amide bonds. The van der Waals surface area contributed by atoms with Gasteiger partial charge in [-0.25, -0.2) is 4.68 Å². The Morgan fingerprint density at radius 2 is 1.71 bits per heavy atom. The maximum absolute atomic E-state index is 13.6.